The van der Waals surface area contributed by atoms with Crippen molar-refractivity contribution in [2.75, 3.05) is 24.7 Å². The highest BCUT2D eigenvalue weighted by atomic mass is 35.5. The second-order valence-electron chi connectivity index (χ2n) is 10.2. The lowest BCUT2D eigenvalue weighted by Crippen LogP contribution is -2.29. The number of benzene rings is 3. The Balaban J connectivity index is 1.38. The van der Waals surface area contributed by atoms with Crippen LogP contribution in [0, 0.1) is 0 Å². The summed E-state index contributed by atoms with van der Waals surface area (Å²) in [7, 11) is 0. The predicted octanol–water partition coefficient (Wildman–Crippen LogP) is 7.71. The van der Waals surface area contributed by atoms with Gasteiger partial charge in [-0.05, 0) is 60.0 Å². The number of aromatic nitrogens is 2. The molecule has 2 aliphatic rings. The largest absolute Gasteiger partial charge is 0.507 e. The quantitative estimate of drug-likeness (QED) is 0.0448. The molecule has 0 unspecified atom stereocenters. The van der Waals surface area contributed by atoms with Crippen LogP contribution in [-0.2, 0) is 15.3 Å². The summed E-state index contributed by atoms with van der Waals surface area (Å²) in [5.74, 6) is 0.0333. The number of Topliss-reactive ketones (excluding diaryl/α,β-unsaturated/α-hetero) is 1. The molecule has 1 atom stereocenters. The summed E-state index contributed by atoms with van der Waals surface area (Å²) in [6.07, 6.45) is 1.84. The fraction of sp³-hybridized carbons (Fsp3) is 0.250. The van der Waals surface area contributed by atoms with Crippen LogP contribution in [0.4, 0.5) is 5.13 Å². The zero-order valence-corrected chi connectivity index (χ0v) is 27.1. The number of hydrogen-bond acceptors (Lipinski definition) is 10. The molecular formula is C32H27Cl2N3O6S2. The number of carbonyl (C=O) groups is 2. The highest BCUT2D eigenvalue weighted by Crippen LogP contribution is 2.45. The molecule has 1 amide bonds. The summed E-state index contributed by atoms with van der Waals surface area (Å²) in [6, 6.07) is 16.3. The topological polar surface area (TPSA) is 111 Å². The van der Waals surface area contributed by atoms with Crippen molar-refractivity contribution in [3.05, 3.63) is 93.0 Å². The molecule has 0 bridgehead atoms. The number of carbonyl (C=O) groups excluding carboxylic acids is 2. The van der Waals surface area contributed by atoms with Crippen LogP contribution >= 0.6 is 46.3 Å². The molecule has 232 valence electrons. The van der Waals surface area contributed by atoms with Crippen molar-refractivity contribution in [2.45, 2.75) is 35.9 Å². The zero-order chi connectivity index (χ0) is 31.5. The van der Waals surface area contributed by atoms with E-state index in [2.05, 4.69) is 17.1 Å². The van der Waals surface area contributed by atoms with Gasteiger partial charge in [-0.1, -0.05) is 77.8 Å². The Labute approximate surface area is 277 Å². The van der Waals surface area contributed by atoms with Crippen LogP contribution in [0.5, 0.6) is 17.2 Å². The first-order valence-electron chi connectivity index (χ1n) is 14.2. The average molecular weight is 685 g/mol. The third kappa shape index (κ3) is 6.62. The van der Waals surface area contributed by atoms with Crippen molar-refractivity contribution >= 4 is 68.9 Å². The van der Waals surface area contributed by atoms with E-state index in [4.69, 9.17) is 37.4 Å². The van der Waals surface area contributed by atoms with Crippen LogP contribution in [0.1, 0.15) is 42.5 Å². The third-order valence-electron chi connectivity index (χ3n) is 7.17. The maximum Gasteiger partial charge on any atom is 0.301 e. The van der Waals surface area contributed by atoms with Gasteiger partial charge >= 0.3 is 5.91 Å². The molecule has 1 saturated heterocycles. The van der Waals surface area contributed by atoms with Gasteiger partial charge in [0.05, 0.1) is 18.2 Å². The van der Waals surface area contributed by atoms with Crippen LogP contribution in [0.3, 0.4) is 0 Å². The molecule has 0 radical (unpaired) electrons. The van der Waals surface area contributed by atoms with Crippen molar-refractivity contribution in [3.63, 3.8) is 0 Å². The van der Waals surface area contributed by atoms with Crippen molar-refractivity contribution < 1.29 is 28.9 Å². The highest BCUT2D eigenvalue weighted by Gasteiger charge is 2.48. The van der Waals surface area contributed by atoms with E-state index in [-0.39, 0.29) is 16.5 Å². The summed E-state index contributed by atoms with van der Waals surface area (Å²) in [5, 5.41) is 21.5. The Morgan fingerprint density at radius 2 is 1.89 bits per heavy atom. The Morgan fingerprint density at radius 1 is 1.07 bits per heavy atom. The van der Waals surface area contributed by atoms with Crippen molar-refractivity contribution in [1.29, 1.82) is 0 Å². The molecule has 3 aromatic carbocycles. The standard InChI is InChI=1S/C32H27Cl2N3O6S2/c1-2-3-11-41-22-6-4-5-18(14-22)27-26(28(38)19-8-10-24-25(15-19)43-13-12-42-24)29(39)30(40)37(27)31-35-36-32(45-31)44-17-20-7-9-21(33)16-23(20)34/h4-10,14-16,27,38H,2-3,11-13,17H2,1H3/t27-/m1/s1. The maximum atomic E-state index is 13.7. The number of unbranched alkanes of at least 4 members (excludes halogenated alkanes) is 1. The van der Waals surface area contributed by atoms with Gasteiger partial charge in [0.25, 0.3) is 5.78 Å². The number of halogens is 2. The van der Waals surface area contributed by atoms with Gasteiger partial charge in [-0.15, -0.1) is 10.2 Å². The molecule has 2 aliphatic heterocycles. The number of aliphatic hydroxyl groups excluding tert-OH is 1. The second kappa shape index (κ2) is 13.7. The number of amides is 1. The van der Waals surface area contributed by atoms with Crippen LogP contribution in [0.25, 0.3) is 5.76 Å². The number of thioether (sulfide) groups is 1. The van der Waals surface area contributed by atoms with E-state index in [1.54, 1.807) is 48.5 Å². The smallest absolute Gasteiger partial charge is 0.301 e. The van der Waals surface area contributed by atoms with Crippen molar-refractivity contribution in [1.82, 2.24) is 10.2 Å². The molecule has 1 aromatic heterocycles. The summed E-state index contributed by atoms with van der Waals surface area (Å²) in [4.78, 5) is 28.7. The molecule has 9 nitrogen and oxygen atoms in total. The number of nitrogens with zero attached hydrogens (tertiary/aromatic N) is 3. The van der Waals surface area contributed by atoms with Gasteiger partial charge in [0.2, 0.25) is 5.13 Å². The van der Waals surface area contributed by atoms with E-state index in [1.165, 1.54) is 16.7 Å². The number of hydrogen-bond donors (Lipinski definition) is 1. The lowest BCUT2D eigenvalue weighted by Gasteiger charge is -2.23. The van der Waals surface area contributed by atoms with Gasteiger partial charge in [0.1, 0.15) is 24.7 Å². The molecule has 0 saturated carbocycles. The third-order valence-corrected chi connectivity index (χ3v) is 9.86. The van der Waals surface area contributed by atoms with Gasteiger partial charge in [0.15, 0.2) is 15.8 Å². The molecule has 6 rings (SSSR count). The maximum absolute atomic E-state index is 13.7. The van der Waals surface area contributed by atoms with Crippen LogP contribution < -0.4 is 19.1 Å². The van der Waals surface area contributed by atoms with E-state index >= 15 is 0 Å². The van der Waals surface area contributed by atoms with E-state index < -0.39 is 17.7 Å². The fourth-order valence-corrected chi connectivity index (χ4v) is 7.36. The molecule has 0 spiro atoms. The monoisotopic (exact) mass is 683 g/mol. The van der Waals surface area contributed by atoms with Gasteiger partial charge in [-0.2, -0.15) is 0 Å². The zero-order valence-electron chi connectivity index (χ0n) is 24.0. The lowest BCUT2D eigenvalue weighted by atomic mass is 9.95. The highest BCUT2D eigenvalue weighted by molar-refractivity contribution is 8.00. The van der Waals surface area contributed by atoms with E-state index in [0.29, 0.717) is 68.3 Å². The van der Waals surface area contributed by atoms with Crippen LogP contribution in [-0.4, -0.2) is 46.8 Å². The van der Waals surface area contributed by atoms with Gasteiger partial charge in [-0.3, -0.25) is 14.5 Å². The van der Waals surface area contributed by atoms with E-state index in [1.807, 2.05) is 12.1 Å². The summed E-state index contributed by atoms with van der Waals surface area (Å²) < 4.78 is 17.8. The Kier molecular flexibility index (Phi) is 9.50. The number of anilines is 1. The minimum atomic E-state index is -0.996. The van der Waals surface area contributed by atoms with Gasteiger partial charge in [0, 0.05) is 21.4 Å². The molecule has 13 heteroatoms. The number of rotatable bonds is 10. The minimum absolute atomic E-state index is 0.0836. The fourth-order valence-electron chi connectivity index (χ4n) is 4.94. The molecule has 1 N–H and O–H groups in total. The van der Waals surface area contributed by atoms with Crippen LogP contribution in [0.15, 0.2) is 70.6 Å². The number of aliphatic hydroxyl groups is 1. The summed E-state index contributed by atoms with van der Waals surface area (Å²) in [5.41, 5.74) is 1.66. The van der Waals surface area contributed by atoms with Crippen LogP contribution in [0.2, 0.25) is 10.0 Å². The Morgan fingerprint density at radius 3 is 2.69 bits per heavy atom. The molecule has 4 aromatic rings. The average Bonchev–Trinajstić information content (AvgIpc) is 3.62. The minimum Gasteiger partial charge on any atom is -0.507 e. The van der Waals surface area contributed by atoms with Gasteiger partial charge < -0.3 is 19.3 Å². The number of fused-ring (bicyclic) bond motifs is 1. The van der Waals surface area contributed by atoms with Crippen molar-refractivity contribution in [3.8, 4) is 17.2 Å². The first-order valence-corrected chi connectivity index (χ1v) is 16.7. The Hall–Kier alpha value is -3.77. The first kappa shape index (κ1) is 31.2. The summed E-state index contributed by atoms with van der Waals surface area (Å²) in [6.45, 7) is 3.36. The Bertz CT molecular complexity index is 1800. The SMILES string of the molecule is CCCCOc1cccc([C@@H]2C(=C(O)c3ccc4c(c3)OCCO4)C(=O)C(=O)N2c2nnc(SCc3ccc(Cl)cc3Cl)s2)c1. The molecular weight excluding hydrogens is 657 g/mol. The summed E-state index contributed by atoms with van der Waals surface area (Å²) >= 11 is 14.9. The van der Waals surface area contributed by atoms with E-state index in [0.717, 1.165) is 29.7 Å². The first-order chi connectivity index (χ1) is 21.8. The number of ketones is 1. The molecule has 1 fully saturated rings. The molecule has 3 heterocycles. The lowest BCUT2D eigenvalue weighted by molar-refractivity contribution is -0.132. The predicted molar refractivity (Wildman–Crippen MR) is 175 cm³/mol. The molecule has 45 heavy (non-hydrogen) atoms. The normalized spacial score (nSPS) is 17.1. The number of ether oxygens (including phenoxy) is 3. The van der Waals surface area contributed by atoms with Gasteiger partial charge in [-0.25, -0.2) is 0 Å². The van der Waals surface area contributed by atoms with E-state index in [9.17, 15) is 14.7 Å². The molecule has 0 aliphatic carbocycles. The second-order valence-corrected chi connectivity index (χ2v) is 13.2. The van der Waals surface area contributed by atoms with Crippen molar-refractivity contribution in [2.24, 2.45) is 0 Å².